The van der Waals surface area contributed by atoms with E-state index < -0.39 is 0 Å². The van der Waals surface area contributed by atoms with Crippen molar-refractivity contribution in [3.8, 4) is 0 Å². The summed E-state index contributed by atoms with van der Waals surface area (Å²) in [6.45, 7) is 5.12. The van der Waals surface area contributed by atoms with E-state index in [4.69, 9.17) is 0 Å². The Hall–Kier alpha value is -0.860. The molecule has 2 nitrogen and oxygen atoms in total. The molecule has 108 valence electrons. The topological polar surface area (TPSA) is 15.3 Å². The summed E-state index contributed by atoms with van der Waals surface area (Å²) < 4.78 is 0. The second kappa shape index (κ2) is 5.16. The van der Waals surface area contributed by atoms with Crippen LogP contribution in [-0.4, -0.2) is 31.1 Å². The minimum Gasteiger partial charge on any atom is -0.310 e. The van der Waals surface area contributed by atoms with E-state index in [2.05, 4.69) is 34.5 Å². The maximum absolute atomic E-state index is 3.66. The SMILES string of the molecule is c1cc(C23CCN(CC2)CC3)ccc1C1CCCCN1. The van der Waals surface area contributed by atoms with E-state index >= 15 is 0 Å². The summed E-state index contributed by atoms with van der Waals surface area (Å²) in [5.74, 6) is 0. The average molecular weight is 270 g/mol. The number of benzene rings is 1. The Bertz CT molecular complexity index is 437. The van der Waals surface area contributed by atoms with Gasteiger partial charge in [0, 0.05) is 6.04 Å². The van der Waals surface area contributed by atoms with E-state index in [1.165, 1.54) is 70.3 Å². The molecular weight excluding hydrogens is 244 g/mol. The van der Waals surface area contributed by atoms with E-state index in [9.17, 15) is 0 Å². The van der Waals surface area contributed by atoms with Gasteiger partial charge in [-0.25, -0.2) is 0 Å². The van der Waals surface area contributed by atoms with Crippen molar-refractivity contribution in [3.05, 3.63) is 35.4 Å². The Kier molecular flexibility index (Phi) is 3.31. The fraction of sp³-hybridized carbons (Fsp3) is 0.667. The van der Waals surface area contributed by atoms with Crippen LogP contribution in [0.3, 0.4) is 0 Å². The quantitative estimate of drug-likeness (QED) is 0.887. The van der Waals surface area contributed by atoms with Crippen molar-refractivity contribution in [2.45, 2.75) is 50.0 Å². The minimum atomic E-state index is 0.507. The molecule has 0 aromatic heterocycles. The van der Waals surface area contributed by atoms with Crippen molar-refractivity contribution in [1.29, 1.82) is 0 Å². The predicted octanol–water partition coefficient (Wildman–Crippen LogP) is 3.24. The third-order valence-corrected chi connectivity index (χ3v) is 5.96. The van der Waals surface area contributed by atoms with Crippen LogP contribution in [0.25, 0.3) is 0 Å². The first kappa shape index (κ1) is 12.8. The van der Waals surface area contributed by atoms with Gasteiger partial charge in [-0.15, -0.1) is 0 Å². The summed E-state index contributed by atoms with van der Waals surface area (Å²) in [6.07, 6.45) is 8.13. The van der Waals surface area contributed by atoms with Gasteiger partial charge in [0.15, 0.2) is 0 Å². The molecule has 0 aliphatic carbocycles. The number of rotatable bonds is 2. The first-order chi connectivity index (χ1) is 9.86. The van der Waals surface area contributed by atoms with E-state index in [1.807, 2.05) is 0 Å². The number of piperidine rings is 4. The van der Waals surface area contributed by atoms with Gasteiger partial charge < -0.3 is 10.2 Å². The van der Waals surface area contributed by atoms with Crippen molar-refractivity contribution in [3.63, 3.8) is 0 Å². The molecule has 1 atom stereocenters. The highest BCUT2D eigenvalue weighted by atomic mass is 15.1. The van der Waals surface area contributed by atoms with Gasteiger partial charge in [0.25, 0.3) is 0 Å². The zero-order valence-electron chi connectivity index (χ0n) is 12.4. The van der Waals surface area contributed by atoms with Crippen LogP contribution in [-0.2, 0) is 5.41 Å². The number of hydrogen-bond donors (Lipinski definition) is 1. The van der Waals surface area contributed by atoms with Gasteiger partial charge in [-0.1, -0.05) is 30.7 Å². The Morgan fingerprint density at radius 3 is 2.25 bits per heavy atom. The van der Waals surface area contributed by atoms with Gasteiger partial charge in [-0.3, -0.25) is 0 Å². The second-order valence-corrected chi connectivity index (χ2v) is 7.00. The van der Waals surface area contributed by atoms with E-state index in [-0.39, 0.29) is 0 Å². The van der Waals surface area contributed by atoms with Crippen molar-refractivity contribution < 1.29 is 0 Å². The third-order valence-electron chi connectivity index (χ3n) is 5.96. The van der Waals surface area contributed by atoms with Crippen LogP contribution < -0.4 is 5.32 Å². The maximum atomic E-state index is 3.66. The molecule has 1 unspecified atom stereocenters. The summed E-state index contributed by atoms with van der Waals surface area (Å²) in [4.78, 5) is 2.63. The zero-order valence-corrected chi connectivity index (χ0v) is 12.4. The maximum Gasteiger partial charge on any atom is 0.0320 e. The minimum absolute atomic E-state index is 0.507. The van der Waals surface area contributed by atoms with Gasteiger partial charge in [-0.2, -0.15) is 0 Å². The van der Waals surface area contributed by atoms with Crippen LogP contribution in [0.5, 0.6) is 0 Å². The lowest BCUT2D eigenvalue weighted by atomic mass is 9.67. The monoisotopic (exact) mass is 270 g/mol. The summed E-state index contributed by atoms with van der Waals surface area (Å²) in [5.41, 5.74) is 3.61. The number of nitrogens with zero attached hydrogens (tertiary/aromatic N) is 1. The van der Waals surface area contributed by atoms with Crippen LogP contribution >= 0.6 is 0 Å². The number of nitrogens with one attached hydrogen (secondary N) is 1. The largest absolute Gasteiger partial charge is 0.310 e. The average Bonchev–Trinajstić information content (AvgIpc) is 2.58. The lowest BCUT2D eigenvalue weighted by Crippen LogP contribution is -2.50. The molecule has 1 aromatic rings. The Morgan fingerprint density at radius 2 is 1.65 bits per heavy atom. The summed E-state index contributed by atoms with van der Waals surface area (Å²) in [5, 5.41) is 3.66. The lowest BCUT2D eigenvalue weighted by Gasteiger charge is -2.49. The molecular formula is C18H26N2. The van der Waals surface area contributed by atoms with Gasteiger partial charge in [0.05, 0.1) is 0 Å². The number of hydrogen-bond acceptors (Lipinski definition) is 2. The molecule has 20 heavy (non-hydrogen) atoms. The number of fused-ring (bicyclic) bond motifs is 3. The molecule has 5 rings (SSSR count). The van der Waals surface area contributed by atoms with E-state index in [0.29, 0.717) is 11.5 Å². The second-order valence-electron chi connectivity index (χ2n) is 7.00. The molecule has 0 amide bonds. The normalized spacial score (nSPS) is 37.0. The highest BCUT2D eigenvalue weighted by Crippen LogP contribution is 2.43. The van der Waals surface area contributed by atoms with Crippen molar-refractivity contribution >= 4 is 0 Å². The van der Waals surface area contributed by atoms with Gasteiger partial charge in [0.2, 0.25) is 0 Å². The molecule has 4 heterocycles. The molecule has 0 saturated carbocycles. The molecule has 1 aromatic carbocycles. The summed E-state index contributed by atoms with van der Waals surface area (Å²) in [6, 6.07) is 10.3. The Balaban J connectivity index is 1.54. The molecule has 4 fully saturated rings. The molecule has 4 saturated heterocycles. The van der Waals surface area contributed by atoms with Crippen LogP contribution in [0.4, 0.5) is 0 Å². The van der Waals surface area contributed by atoms with Crippen LogP contribution in [0, 0.1) is 0 Å². The molecule has 1 N–H and O–H groups in total. The molecule has 0 spiro atoms. The van der Waals surface area contributed by atoms with Crippen molar-refractivity contribution in [1.82, 2.24) is 10.2 Å². The smallest absolute Gasteiger partial charge is 0.0320 e. The third kappa shape index (κ3) is 2.19. The van der Waals surface area contributed by atoms with Gasteiger partial charge in [0.1, 0.15) is 0 Å². The Labute approximate surface area is 122 Å². The summed E-state index contributed by atoms with van der Waals surface area (Å²) in [7, 11) is 0. The Morgan fingerprint density at radius 1 is 0.950 bits per heavy atom. The molecule has 2 heteroatoms. The van der Waals surface area contributed by atoms with Crippen molar-refractivity contribution in [2.75, 3.05) is 26.2 Å². The predicted molar refractivity (Wildman–Crippen MR) is 83.0 cm³/mol. The highest BCUT2D eigenvalue weighted by Gasteiger charge is 2.40. The first-order valence-corrected chi connectivity index (χ1v) is 8.42. The van der Waals surface area contributed by atoms with E-state index in [0.717, 1.165) is 0 Å². The van der Waals surface area contributed by atoms with E-state index in [1.54, 1.807) is 5.56 Å². The van der Waals surface area contributed by atoms with Gasteiger partial charge >= 0.3 is 0 Å². The summed E-state index contributed by atoms with van der Waals surface area (Å²) >= 11 is 0. The van der Waals surface area contributed by atoms with Crippen LogP contribution in [0.15, 0.2) is 24.3 Å². The molecule has 4 aliphatic heterocycles. The zero-order chi connectivity index (χ0) is 13.4. The van der Waals surface area contributed by atoms with Crippen LogP contribution in [0.1, 0.15) is 55.7 Å². The molecule has 0 radical (unpaired) electrons. The van der Waals surface area contributed by atoms with Crippen LogP contribution in [0.2, 0.25) is 0 Å². The highest BCUT2D eigenvalue weighted by molar-refractivity contribution is 5.32. The first-order valence-electron chi connectivity index (χ1n) is 8.42. The van der Waals surface area contributed by atoms with Crippen molar-refractivity contribution in [2.24, 2.45) is 0 Å². The lowest BCUT2D eigenvalue weighted by molar-refractivity contribution is 0.0817. The standard InChI is InChI=1S/C18H26N2/c1-2-11-19-17(3-1)15-4-6-16(7-5-15)18-8-12-20(13-9-18)14-10-18/h4-7,17,19H,1-3,8-14H2. The fourth-order valence-corrected chi connectivity index (χ4v) is 4.47. The molecule has 4 aliphatic rings. The van der Waals surface area contributed by atoms with Gasteiger partial charge in [-0.05, 0) is 74.8 Å². The molecule has 2 bridgehead atoms. The fourth-order valence-electron chi connectivity index (χ4n) is 4.47.